The number of morpholine rings is 1. The molecule has 1 fully saturated rings. The van der Waals surface area contributed by atoms with E-state index in [2.05, 4.69) is 10.2 Å². The van der Waals surface area contributed by atoms with E-state index in [0.717, 1.165) is 25.2 Å². The summed E-state index contributed by atoms with van der Waals surface area (Å²) in [4.78, 5) is 28.0. The van der Waals surface area contributed by atoms with Crippen LogP contribution in [0.5, 0.6) is 5.75 Å². The second-order valence-corrected chi connectivity index (χ2v) is 6.15. The molecule has 1 heterocycles. The summed E-state index contributed by atoms with van der Waals surface area (Å²) >= 11 is 0. The lowest BCUT2D eigenvalue weighted by Crippen LogP contribution is -2.44. The zero-order valence-corrected chi connectivity index (χ0v) is 15.2. The van der Waals surface area contributed by atoms with Crippen molar-refractivity contribution in [2.45, 2.75) is 13.8 Å². The number of amides is 2. The molecule has 25 heavy (non-hydrogen) atoms. The van der Waals surface area contributed by atoms with Crippen molar-refractivity contribution in [1.82, 2.24) is 9.80 Å². The van der Waals surface area contributed by atoms with Crippen LogP contribution in [0.15, 0.2) is 18.2 Å². The normalized spacial score (nSPS) is 14.8. The van der Waals surface area contributed by atoms with Crippen LogP contribution >= 0.6 is 0 Å². The van der Waals surface area contributed by atoms with Gasteiger partial charge in [0.2, 0.25) is 11.8 Å². The Labute approximate surface area is 148 Å². The average Bonchev–Trinajstić information content (AvgIpc) is 2.59. The number of hydrogen-bond donors (Lipinski definition) is 1. The molecule has 0 radical (unpaired) electrons. The van der Waals surface area contributed by atoms with Crippen molar-refractivity contribution in [2.75, 3.05) is 58.4 Å². The van der Waals surface area contributed by atoms with Crippen LogP contribution in [0.4, 0.5) is 5.69 Å². The van der Waals surface area contributed by atoms with Gasteiger partial charge in [-0.25, -0.2) is 0 Å². The van der Waals surface area contributed by atoms with Gasteiger partial charge in [0, 0.05) is 33.1 Å². The van der Waals surface area contributed by atoms with E-state index >= 15 is 0 Å². The van der Waals surface area contributed by atoms with Crippen molar-refractivity contribution < 1.29 is 19.1 Å². The van der Waals surface area contributed by atoms with Crippen LogP contribution in [-0.4, -0.2) is 74.7 Å². The molecule has 1 saturated heterocycles. The van der Waals surface area contributed by atoms with Crippen molar-refractivity contribution in [3.05, 3.63) is 23.8 Å². The van der Waals surface area contributed by atoms with Crippen LogP contribution in [0.2, 0.25) is 0 Å². The number of benzene rings is 1. The Morgan fingerprint density at radius 2 is 2.04 bits per heavy atom. The van der Waals surface area contributed by atoms with Gasteiger partial charge in [0.15, 0.2) is 0 Å². The first kappa shape index (κ1) is 19.2. The van der Waals surface area contributed by atoms with E-state index in [1.165, 1.54) is 6.92 Å². The summed E-state index contributed by atoms with van der Waals surface area (Å²) in [5.74, 6) is 0.252. The van der Waals surface area contributed by atoms with Crippen molar-refractivity contribution >= 4 is 17.5 Å². The van der Waals surface area contributed by atoms with Gasteiger partial charge in [0.25, 0.3) is 0 Å². The molecule has 2 rings (SSSR count). The first-order valence-electron chi connectivity index (χ1n) is 8.49. The lowest BCUT2D eigenvalue weighted by atomic mass is 10.2. The molecule has 2 amide bonds. The highest BCUT2D eigenvalue weighted by Crippen LogP contribution is 2.25. The van der Waals surface area contributed by atoms with E-state index in [4.69, 9.17) is 9.47 Å². The maximum atomic E-state index is 12.4. The molecule has 7 heteroatoms. The molecule has 0 unspecified atom stereocenters. The lowest BCUT2D eigenvalue weighted by molar-refractivity contribution is -0.133. The summed E-state index contributed by atoms with van der Waals surface area (Å²) in [6, 6.07) is 5.58. The molecule has 1 aliphatic rings. The van der Waals surface area contributed by atoms with Crippen LogP contribution in [-0.2, 0) is 14.3 Å². The van der Waals surface area contributed by atoms with Crippen molar-refractivity contribution in [3.63, 3.8) is 0 Å². The Bertz CT molecular complexity index is 600. The van der Waals surface area contributed by atoms with Gasteiger partial charge in [-0.3, -0.25) is 14.5 Å². The molecule has 0 bridgehead atoms. The minimum Gasteiger partial charge on any atom is -0.495 e. The van der Waals surface area contributed by atoms with Gasteiger partial charge in [0.05, 0.1) is 32.6 Å². The zero-order chi connectivity index (χ0) is 18.2. The third kappa shape index (κ3) is 6.03. The van der Waals surface area contributed by atoms with Gasteiger partial charge in [-0.1, -0.05) is 6.07 Å². The highest BCUT2D eigenvalue weighted by Gasteiger charge is 2.17. The Balaban J connectivity index is 1.91. The highest BCUT2D eigenvalue weighted by atomic mass is 16.5. The van der Waals surface area contributed by atoms with Crippen LogP contribution < -0.4 is 10.1 Å². The standard InChI is InChI=1S/C18H27N3O4/c1-14-4-5-17(24-3)16(12-14)19-18(23)13-21(15(2)22)7-6-20-8-10-25-11-9-20/h4-5,12H,6-11,13H2,1-3H3,(H,19,23). The highest BCUT2D eigenvalue weighted by molar-refractivity contribution is 5.95. The Morgan fingerprint density at radius 3 is 2.68 bits per heavy atom. The van der Waals surface area contributed by atoms with Crippen LogP contribution in [0.25, 0.3) is 0 Å². The number of nitrogens with one attached hydrogen (secondary N) is 1. The number of ether oxygens (including phenoxy) is 2. The Morgan fingerprint density at radius 1 is 1.32 bits per heavy atom. The Hall–Kier alpha value is -2.12. The number of rotatable bonds is 7. The molecule has 1 aromatic rings. The minimum atomic E-state index is -0.235. The molecule has 0 saturated carbocycles. The minimum absolute atomic E-state index is 0.0246. The molecule has 1 N–H and O–H groups in total. The maximum Gasteiger partial charge on any atom is 0.244 e. The number of aryl methyl sites for hydroxylation is 1. The fourth-order valence-electron chi connectivity index (χ4n) is 2.72. The molecular weight excluding hydrogens is 322 g/mol. The number of carbonyl (C=O) groups excluding carboxylic acids is 2. The van der Waals surface area contributed by atoms with E-state index in [9.17, 15) is 9.59 Å². The van der Waals surface area contributed by atoms with Gasteiger partial charge in [-0.2, -0.15) is 0 Å². The smallest absolute Gasteiger partial charge is 0.244 e. The van der Waals surface area contributed by atoms with E-state index in [1.54, 1.807) is 12.0 Å². The molecule has 1 aliphatic heterocycles. The van der Waals surface area contributed by atoms with Gasteiger partial charge >= 0.3 is 0 Å². The second kappa shape index (κ2) is 9.39. The molecule has 0 atom stereocenters. The average molecular weight is 349 g/mol. The third-order valence-electron chi connectivity index (χ3n) is 4.20. The van der Waals surface area contributed by atoms with Crippen LogP contribution in [0.1, 0.15) is 12.5 Å². The van der Waals surface area contributed by atoms with E-state index < -0.39 is 0 Å². The summed E-state index contributed by atoms with van der Waals surface area (Å²) in [5.41, 5.74) is 1.64. The first-order chi connectivity index (χ1) is 12.0. The predicted molar refractivity (Wildman–Crippen MR) is 95.9 cm³/mol. The van der Waals surface area contributed by atoms with Gasteiger partial charge in [0.1, 0.15) is 5.75 Å². The zero-order valence-electron chi connectivity index (χ0n) is 15.2. The van der Waals surface area contributed by atoms with Crippen molar-refractivity contribution in [2.24, 2.45) is 0 Å². The van der Waals surface area contributed by atoms with E-state index in [-0.39, 0.29) is 18.4 Å². The quantitative estimate of drug-likeness (QED) is 0.799. The fraction of sp³-hybridized carbons (Fsp3) is 0.556. The SMILES string of the molecule is COc1ccc(C)cc1NC(=O)CN(CCN1CCOCC1)C(C)=O. The summed E-state index contributed by atoms with van der Waals surface area (Å²) in [6.45, 7) is 7.87. The van der Waals surface area contributed by atoms with Crippen molar-refractivity contribution in [1.29, 1.82) is 0 Å². The van der Waals surface area contributed by atoms with Crippen molar-refractivity contribution in [3.8, 4) is 5.75 Å². The molecule has 0 spiro atoms. The number of carbonyl (C=O) groups is 2. The molecule has 0 aliphatic carbocycles. The van der Waals surface area contributed by atoms with E-state index in [1.807, 2.05) is 25.1 Å². The summed E-state index contributed by atoms with van der Waals surface area (Å²) in [5, 5.41) is 2.83. The first-order valence-corrected chi connectivity index (χ1v) is 8.49. The van der Waals surface area contributed by atoms with Gasteiger partial charge in [-0.05, 0) is 24.6 Å². The largest absolute Gasteiger partial charge is 0.495 e. The third-order valence-corrected chi connectivity index (χ3v) is 4.20. The van der Waals surface area contributed by atoms with Gasteiger partial charge < -0.3 is 19.7 Å². The molecule has 0 aromatic heterocycles. The van der Waals surface area contributed by atoms with Crippen LogP contribution in [0, 0.1) is 6.92 Å². The molecule has 7 nitrogen and oxygen atoms in total. The monoisotopic (exact) mass is 349 g/mol. The summed E-state index contributed by atoms with van der Waals surface area (Å²) in [7, 11) is 1.56. The maximum absolute atomic E-state index is 12.4. The number of methoxy groups -OCH3 is 1. The van der Waals surface area contributed by atoms with Crippen LogP contribution in [0.3, 0.4) is 0 Å². The molecular formula is C18H27N3O4. The second-order valence-electron chi connectivity index (χ2n) is 6.15. The molecule has 1 aromatic carbocycles. The topological polar surface area (TPSA) is 71.1 Å². The lowest BCUT2D eigenvalue weighted by Gasteiger charge is -2.29. The number of hydrogen-bond acceptors (Lipinski definition) is 5. The summed E-state index contributed by atoms with van der Waals surface area (Å²) in [6.07, 6.45) is 0. The van der Waals surface area contributed by atoms with E-state index in [0.29, 0.717) is 31.2 Å². The molecule has 138 valence electrons. The summed E-state index contributed by atoms with van der Waals surface area (Å²) < 4.78 is 10.6. The number of nitrogens with zero attached hydrogens (tertiary/aromatic N) is 2. The fourth-order valence-corrected chi connectivity index (χ4v) is 2.72. The van der Waals surface area contributed by atoms with Gasteiger partial charge in [-0.15, -0.1) is 0 Å². The Kier molecular flexibility index (Phi) is 7.21. The predicted octanol–water partition coefficient (Wildman–Crippen LogP) is 1.12. The number of anilines is 1.